The quantitative estimate of drug-likeness (QED) is 0.893. The standard InChI is InChI=1S/C16H24ClN3O/c17-14-11-13(3-4-16(14)21)15(12-19-7-1-2-8-19)20-9-5-18-6-10-20/h3-4,11,15,18,21H,1-2,5-10,12H2. The molecule has 0 bridgehead atoms. The van der Waals surface area contributed by atoms with Gasteiger partial charge in [0.15, 0.2) is 0 Å². The second kappa shape index (κ2) is 6.97. The first-order chi connectivity index (χ1) is 10.2. The minimum absolute atomic E-state index is 0.167. The molecule has 3 rings (SSSR count). The van der Waals surface area contributed by atoms with Crippen molar-refractivity contribution in [3.05, 3.63) is 28.8 Å². The van der Waals surface area contributed by atoms with Crippen LogP contribution >= 0.6 is 11.6 Å². The molecule has 0 amide bonds. The van der Waals surface area contributed by atoms with Crippen molar-refractivity contribution in [3.63, 3.8) is 0 Å². The summed E-state index contributed by atoms with van der Waals surface area (Å²) in [5, 5.41) is 13.5. The van der Waals surface area contributed by atoms with Gasteiger partial charge in [-0.05, 0) is 43.6 Å². The highest BCUT2D eigenvalue weighted by atomic mass is 35.5. The van der Waals surface area contributed by atoms with Crippen LogP contribution < -0.4 is 5.32 Å². The van der Waals surface area contributed by atoms with Gasteiger partial charge in [-0.3, -0.25) is 4.90 Å². The number of rotatable bonds is 4. The Morgan fingerprint density at radius 3 is 2.52 bits per heavy atom. The van der Waals surface area contributed by atoms with Gasteiger partial charge in [0.1, 0.15) is 5.75 Å². The Kier molecular flexibility index (Phi) is 5.01. The van der Waals surface area contributed by atoms with E-state index < -0.39 is 0 Å². The molecule has 2 heterocycles. The van der Waals surface area contributed by atoms with Crippen LogP contribution in [0.1, 0.15) is 24.4 Å². The third-order valence-electron chi connectivity index (χ3n) is 4.58. The summed E-state index contributed by atoms with van der Waals surface area (Å²) in [5.41, 5.74) is 1.21. The number of likely N-dealkylation sites (tertiary alicyclic amines) is 1. The number of nitrogens with zero attached hydrogens (tertiary/aromatic N) is 2. The summed E-state index contributed by atoms with van der Waals surface area (Å²) in [6, 6.07) is 6.03. The van der Waals surface area contributed by atoms with Crippen LogP contribution in [0.3, 0.4) is 0 Å². The van der Waals surface area contributed by atoms with Crippen molar-refractivity contribution in [2.24, 2.45) is 0 Å². The molecular formula is C16H24ClN3O. The maximum atomic E-state index is 9.65. The first-order valence-corrected chi connectivity index (χ1v) is 8.27. The Balaban J connectivity index is 1.80. The molecule has 0 aromatic heterocycles. The molecule has 5 heteroatoms. The van der Waals surface area contributed by atoms with Crippen LogP contribution in [0.2, 0.25) is 5.02 Å². The van der Waals surface area contributed by atoms with Gasteiger partial charge in [-0.2, -0.15) is 0 Å². The van der Waals surface area contributed by atoms with E-state index in [1.807, 2.05) is 12.1 Å². The molecule has 2 aliphatic heterocycles. The lowest BCUT2D eigenvalue weighted by atomic mass is 10.0. The maximum absolute atomic E-state index is 9.65. The molecule has 0 radical (unpaired) electrons. The van der Waals surface area contributed by atoms with Crippen LogP contribution in [-0.2, 0) is 0 Å². The third-order valence-corrected chi connectivity index (χ3v) is 4.88. The number of hydrogen-bond donors (Lipinski definition) is 2. The Labute approximate surface area is 131 Å². The molecule has 116 valence electrons. The Morgan fingerprint density at radius 2 is 1.86 bits per heavy atom. The summed E-state index contributed by atoms with van der Waals surface area (Å²) in [4.78, 5) is 5.09. The number of benzene rings is 1. The molecule has 2 fully saturated rings. The first kappa shape index (κ1) is 15.1. The molecule has 21 heavy (non-hydrogen) atoms. The molecule has 2 saturated heterocycles. The lowest BCUT2D eigenvalue weighted by Crippen LogP contribution is -2.47. The Bertz CT molecular complexity index is 471. The van der Waals surface area contributed by atoms with Gasteiger partial charge in [0.2, 0.25) is 0 Å². The van der Waals surface area contributed by atoms with Crippen LogP contribution in [-0.4, -0.2) is 60.7 Å². The smallest absolute Gasteiger partial charge is 0.134 e. The molecule has 0 saturated carbocycles. The summed E-state index contributed by atoms with van der Waals surface area (Å²) >= 11 is 6.12. The van der Waals surface area contributed by atoms with Gasteiger partial charge < -0.3 is 15.3 Å². The van der Waals surface area contributed by atoms with Gasteiger partial charge in [0, 0.05) is 38.8 Å². The molecule has 2 aliphatic rings. The summed E-state index contributed by atoms with van der Waals surface area (Å²) in [6.45, 7) is 7.68. The number of halogens is 1. The molecular weight excluding hydrogens is 286 g/mol. The minimum atomic E-state index is 0.167. The van der Waals surface area contributed by atoms with Crippen molar-refractivity contribution in [1.29, 1.82) is 0 Å². The molecule has 4 nitrogen and oxygen atoms in total. The van der Waals surface area contributed by atoms with E-state index in [-0.39, 0.29) is 5.75 Å². The predicted molar refractivity (Wildman–Crippen MR) is 86.0 cm³/mol. The monoisotopic (exact) mass is 309 g/mol. The van der Waals surface area contributed by atoms with Crippen LogP contribution in [0.15, 0.2) is 18.2 Å². The molecule has 1 atom stereocenters. The lowest BCUT2D eigenvalue weighted by Gasteiger charge is -2.37. The fourth-order valence-corrected chi connectivity index (χ4v) is 3.55. The zero-order valence-electron chi connectivity index (χ0n) is 12.4. The fraction of sp³-hybridized carbons (Fsp3) is 0.625. The summed E-state index contributed by atoms with van der Waals surface area (Å²) in [7, 11) is 0. The SMILES string of the molecule is Oc1ccc(C(CN2CCCC2)N2CCNCC2)cc1Cl. The molecule has 2 N–H and O–H groups in total. The average molecular weight is 310 g/mol. The van der Waals surface area contributed by atoms with E-state index in [1.54, 1.807) is 6.07 Å². The van der Waals surface area contributed by atoms with E-state index in [0.29, 0.717) is 11.1 Å². The topological polar surface area (TPSA) is 38.7 Å². The van der Waals surface area contributed by atoms with Gasteiger partial charge in [-0.1, -0.05) is 17.7 Å². The lowest BCUT2D eigenvalue weighted by molar-refractivity contribution is 0.135. The zero-order chi connectivity index (χ0) is 14.7. The highest BCUT2D eigenvalue weighted by molar-refractivity contribution is 6.32. The van der Waals surface area contributed by atoms with E-state index in [2.05, 4.69) is 15.1 Å². The predicted octanol–water partition coefficient (Wildman–Crippen LogP) is 2.09. The van der Waals surface area contributed by atoms with Gasteiger partial charge in [-0.15, -0.1) is 0 Å². The minimum Gasteiger partial charge on any atom is -0.506 e. The molecule has 1 aromatic carbocycles. The first-order valence-electron chi connectivity index (χ1n) is 7.89. The van der Waals surface area contributed by atoms with Crippen LogP contribution in [0.5, 0.6) is 5.75 Å². The summed E-state index contributed by atoms with van der Waals surface area (Å²) in [6.07, 6.45) is 2.62. The van der Waals surface area contributed by atoms with E-state index >= 15 is 0 Å². The molecule has 0 aliphatic carbocycles. The third kappa shape index (κ3) is 3.69. The second-order valence-electron chi connectivity index (χ2n) is 6.02. The average Bonchev–Trinajstić information content (AvgIpc) is 3.02. The normalized spacial score (nSPS) is 22.5. The van der Waals surface area contributed by atoms with E-state index in [9.17, 15) is 5.11 Å². The van der Waals surface area contributed by atoms with Gasteiger partial charge >= 0.3 is 0 Å². The van der Waals surface area contributed by atoms with Crippen molar-refractivity contribution >= 4 is 11.6 Å². The van der Waals surface area contributed by atoms with Crippen LogP contribution in [0.4, 0.5) is 0 Å². The Hall–Kier alpha value is -0.810. The largest absolute Gasteiger partial charge is 0.506 e. The van der Waals surface area contributed by atoms with Gasteiger partial charge in [-0.25, -0.2) is 0 Å². The maximum Gasteiger partial charge on any atom is 0.134 e. The summed E-state index contributed by atoms with van der Waals surface area (Å²) < 4.78 is 0. The number of phenolic OH excluding ortho intramolecular Hbond substituents is 1. The molecule has 0 spiro atoms. The number of phenols is 1. The highest BCUT2D eigenvalue weighted by Gasteiger charge is 2.26. The van der Waals surface area contributed by atoms with Crippen molar-refractivity contribution in [2.45, 2.75) is 18.9 Å². The Morgan fingerprint density at radius 1 is 1.14 bits per heavy atom. The van der Waals surface area contributed by atoms with E-state index in [4.69, 9.17) is 11.6 Å². The van der Waals surface area contributed by atoms with Crippen molar-refractivity contribution in [2.75, 3.05) is 45.8 Å². The fourth-order valence-electron chi connectivity index (χ4n) is 3.37. The second-order valence-corrected chi connectivity index (χ2v) is 6.43. The van der Waals surface area contributed by atoms with Crippen molar-refractivity contribution in [3.8, 4) is 5.75 Å². The molecule has 1 aromatic rings. The highest BCUT2D eigenvalue weighted by Crippen LogP contribution is 2.30. The van der Waals surface area contributed by atoms with E-state index in [1.165, 1.54) is 31.5 Å². The number of hydrogen-bond acceptors (Lipinski definition) is 4. The number of piperazine rings is 1. The van der Waals surface area contributed by atoms with Crippen LogP contribution in [0, 0.1) is 0 Å². The van der Waals surface area contributed by atoms with Crippen LogP contribution in [0.25, 0.3) is 0 Å². The number of nitrogens with one attached hydrogen (secondary N) is 1. The summed E-state index contributed by atoms with van der Waals surface area (Å²) in [5.74, 6) is 0.167. The van der Waals surface area contributed by atoms with Gasteiger partial charge in [0.05, 0.1) is 5.02 Å². The molecule has 1 unspecified atom stereocenters. The van der Waals surface area contributed by atoms with Gasteiger partial charge in [0.25, 0.3) is 0 Å². The zero-order valence-corrected chi connectivity index (χ0v) is 13.1. The van der Waals surface area contributed by atoms with Crippen molar-refractivity contribution in [1.82, 2.24) is 15.1 Å². The number of aromatic hydroxyl groups is 1. The van der Waals surface area contributed by atoms with Crippen molar-refractivity contribution < 1.29 is 5.11 Å². The van der Waals surface area contributed by atoms with E-state index in [0.717, 1.165) is 32.7 Å².